The Hall–Kier alpha value is -1.83. The molecule has 106 valence electrons. The number of carbonyl (C=O) groups is 1. The smallest absolute Gasteiger partial charge is 0.434 e. The van der Waals surface area contributed by atoms with E-state index in [1.165, 1.54) is 25.3 Å². The number of benzene rings is 1. The van der Waals surface area contributed by atoms with Crippen molar-refractivity contribution in [3.63, 3.8) is 0 Å². The number of imidazole rings is 1. The molecular formula is C12H8BrF3N2O2. The van der Waals surface area contributed by atoms with Crippen LogP contribution in [0.25, 0.3) is 11.4 Å². The fourth-order valence-corrected chi connectivity index (χ4v) is 2.09. The second kappa shape index (κ2) is 5.28. The number of methoxy groups -OCH3 is 1. The van der Waals surface area contributed by atoms with Gasteiger partial charge in [-0.25, -0.2) is 9.78 Å². The zero-order valence-corrected chi connectivity index (χ0v) is 11.7. The zero-order chi connectivity index (χ0) is 14.9. The Balaban J connectivity index is 2.37. The maximum absolute atomic E-state index is 12.5. The summed E-state index contributed by atoms with van der Waals surface area (Å²) in [6.45, 7) is 0. The molecule has 4 nitrogen and oxygen atoms in total. The number of hydrogen-bond acceptors (Lipinski definition) is 3. The number of nitrogens with one attached hydrogen (secondary N) is 1. The minimum atomic E-state index is -4.50. The van der Waals surface area contributed by atoms with Crippen molar-refractivity contribution in [2.75, 3.05) is 7.11 Å². The van der Waals surface area contributed by atoms with Gasteiger partial charge in [0.25, 0.3) is 0 Å². The maximum Gasteiger partial charge on any atom is 0.434 e. The molecule has 2 rings (SSSR count). The van der Waals surface area contributed by atoms with Crippen molar-refractivity contribution < 1.29 is 22.7 Å². The fourth-order valence-electron chi connectivity index (χ4n) is 1.55. The van der Waals surface area contributed by atoms with Crippen LogP contribution in [-0.4, -0.2) is 23.0 Å². The monoisotopic (exact) mass is 348 g/mol. The van der Waals surface area contributed by atoms with Crippen molar-refractivity contribution in [2.24, 2.45) is 0 Å². The van der Waals surface area contributed by atoms with Gasteiger partial charge < -0.3 is 9.72 Å². The molecule has 1 aromatic carbocycles. The highest BCUT2D eigenvalue weighted by atomic mass is 79.9. The van der Waals surface area contributed by atoms with Crippen LogP contribution < -0.4 is 0 Å². The quantitative estimate of drug-likeness (QED) is 0.843. The van der Waals surface area contributed by atoms with Crippen LogP contribution in [0.2, 0.25) is 0 Å². The van der Waals surface area contributed by atoms with Gasteiger partial charge in [-0.3, -0.25) is 0 Å². The van der Waals surface area contributed by atoms with E-state index in [-0.39, 0.29) is 11.4 Å². The van der Waals surface area contributed by atoms with Gasteiger partial charge in [0.1, 0.15) is 5.82 Å². The topological polar surface area (TPSA) is 55.0 Å². The number of rotatable bonds is 2. The summed E-state index contributed by atoms with van der Waals surface area (Å²) < 4.78 is 42.4. The first-order valence-electron chi connectivity index (χ1n) is 5.34. The first-order valence-corrected chi connectivity index (χ1v) is 6.13. The standard InChI is InChI=1S/C12H8BrF3N2O2/c1-20-11(19)7-3-2-6(4-8(7)13)10-17-5-9(18-10)12(14,15)16/h2-5H,1H3,(H,17,18). The number of H-pyrrole nitrogens is 1. The molecule has 20 heavy (non-hydrogen) atoms. The lowest BCUT2D eigenvalue weighted by molar-refractivity contribution is -0.140. The molecule has 0 aliphatic rings. The summed E-state index contributed by atoms with van der Waals surface area (Å²) in [7, 11) is 1.24. The molecule has 0 aliphatic carbocycles. The molecule has 0 atom stereocenters. The van der Waals surface area contributed by atoms with E-state index in [9.17, 15) is 18.0 Å². The van der Waals surface area contributed by atoms with Crippen LogP contribution in [0.15, 0.2) is 28.9 Å². The lowest BCUT2D eigenvalue weighted by Gasteiger charge is -2.04. The summed E-state index contributed by atoms with van der Waals surface area (Å²) in [5.41, 5.74) is -0.306. The fraction of sp³-hybridized carbons (Fsp3) is 0.167. The van der Waals surface area contributed by atoms with Crippen molar-refractivity contribution >= 4 is 21.9 Å². The molecule has 0 fully saturated rings. The van der Waals surface area contributed by atoms with Crippen molar-refractivity contribution in [3.05, 3.63) is 40.1 Å². The third-order valence-electron chi connectivity index (χ3n) is 2.52. The SMILES string of the molecule is COC(=O)c1ccc(-c2nc(C(F)(F)F)c[nH]2)cc1Br. The highest BCUT2D eigenvalue weighted by Crippen LogP contribution is 2.30. The van der Waals surface area contributed by atoms with Crippen molar-refractivity contribution in [3.8, 4) is 11.4 Å². The van der Waals surface area contributed by atoms with Gasteiger partial charge in [0.15, 0.2) is 5.69 Å². The van der Waals surface area contributed by atoms with Crippen molar-refractivity contribution in [2.45, 2.75) is 6.18 Å². The summed E-state index contributed by atoms with van der Waals surface area (Å²) in [5.74, 6) is -0.478. The second-order valence-electron chi connectivity index (χ2n) is 3.82. The molecule has 2 aromatic rings. The number of aromatic amines is 1. The molecule has 0 saturated heterocycles. The molecule has 0 unspecified atom stereocenters. The van der Waals surface area contributed by atoms with Gasteiger partial charge in [0.05, 0.1) is 12.7 Å². The average molecular weight is 349 g/mol. The largest absolute Gasteiger partial charge is 0.465 e. The minimum Gasteiger partial charge on any atom is -0.465 e. The molecule has 1 heterocycles. The van der Waals surface area contributed by atoms with Gasteiger partial charge in [-0.1, -0.05) is 6.07 Å². The van der Waals surface area contributed by atoms with E-state index in [0.29, 0.717) is 10.0 Å². The highest BCUT2D eigenvalue weighted by molar-refractivity contribution is 9.10. The number of carbonyl (C=O) groups excluding carboxylic acids is 1. The predicted octanol–water partition coefficient (Wildman–Crippen LogP) is 3.64. The number of aromatic nitrogens is 2. The molecule has 1 N–H and O–H groups in total. The molecule has 0 saturated carbocycles. The lowest BCUT2D eigenvalue weighted by atomic mass is 10.1. The van der Waals surface area contributed by atoms with Crippen LogP contribution in [0.1, 0.15) is 16.1 Å². The van der Waals surface area contributed by atoms with Crippen LogP contribution in [0.5, 0.6) is 0 Å². The summed E-state index contributed by atoms with van der Waals surface area (Å²) in [5, 5.41) is 0. The van der Waals surface area contributed by atoms with Crippen LogP contribution in [0.3, 0.4) is 0 Å². The van der Waals surface area contributed by atoms with Gasteiger partial charge in [0.2, 0.25) is 0 Å². The van der Waals surface area contributed by atoms with E-state index in [2.05, 4.69) is 30.6 Å². The Labute approximate surface area is 120 Å². The normalized spacial score (nSPS) is 11.4. The molecule has 0 radical (unpaired) electrons. The number of alkyl halides is 3. The van der Waals surface area contributed by atoms with E-state index in [4.69, 9.17) is 0 Å². The Morgan fingerprint density at radius 1 is 1.40 bits per heavy atom. The van der Waals surface area contributed by atoms with Crippen LogP contribution in [0, 0.1) is 0 Å². The van der Waals surface area contributed by atoms with Crippen LogP contribution >= 0.6 is 15.9 Å². The van der Waals surface area contributed by atoms with E-state index in [1.807, 2.05) is 0 Å². The van der Waals surface area contributed by atoms with Gasteiger partial charge in [0, 0.05) is 16.2 Å². The number of hydrogen-bond donors (Lipinski definition) is 1. The third-order valence-corrected chi connectivity index (χ3v) is 3.17. The summed E-state index contributed by atoms with van der Waals surface area (Å²) in [4.78, 5) is 17.3. The predicted molar refractivity (Wildman–Crippen MR) is 68.1 cm³/mol. The number of esters is 1. The first kappa shape index (κ1) is 14.6. The molecule has 0 aliphatic heterocycles. The van der Waals surface area contributed by atoms with Gasteiger partial charge in [-0.15, -0.1) is 0 Å². The van der Waals surface area contributed by atoms with Crippen LogP contribution in [0.4, 0.5) is 13.2 Å². The second-order valence-corrected chi connectivity index (χ2v) is 4.67. The molecule has 8 heteroatoms. The van der Waals surface area contributed by atoms with Crippen molar-refractivity contribution in [1.82, 2.24) is 9.97 Å². The molecule has 0 amide bonds. The van der Waals surface area contributed by atoms with E-state index >= 15 is 0 Å². The van der Waals surface area contributed by atoms with E-state index in [1.54, 1.807) is 0 Å². The number of halogens is 4. The Kier molecular flexibility index (Phi) is 3.85. The number of ether oxygens (including phenoxy) is 1. The van der Waals surface area contributed by atoms with Gasteiger partial charge >= 0.3 is 12.1 Å². The van der Waals surface area contributed by atoms with E-state index < -0.39 is 17.8 Å². The van der Waals surface area contributed by atoms with Gasteiger partial charge in [-0.05, 0) is 28.1 Å². The third kappa shape index (κ3) is 2.84. The molecule has 0 bridgehead atoms. The molecule has 0 spiro atoms. The zero-order valence-electron chi connectivity index (χ0n) is 10.1. The lowest BCUT2D eigenvalue weighted by Crippen LogP contribution is -2.05. The summed E-state index contributed by atoms with van der Waals surface area (Å²) >= 11 is 3.17. The number of nitrogens with zero attached hydrogens (tertiary/aromatic N) is 1. The van der Waals surface area contributed by atoms with Gasteiger partial charge in [-0.2, -0.15) is 13.2 Å². The molecule has 1 aromatic heterocycles. The van der Waals surface area contributed by atoms with Crippen molar-refractivity contribution in [1.29, 1.82) is 0 Å². The highest BCUT2D eigenvalue weighted by Gasteiger charge is 2.33. The summed E-state index contributed by atoms with van der Waals surface area (Å²) in [6.07, 6.45) is -3.71. The Morgan fingerprint density at radius 2 is 2.10 bits per heavy atom. The summed E-state index contributed by atoms with van der Waals surface area (Å²) in [6, 6.07) is 4.42. The average Bonchev–Trinajstić information content (AvgIpc) is 2.87. The van der Waals surface area contributed by atoms with E-state index in [0.717, 1.165) is 6.20 Å². The Morgan fingerprint density at radius 3 is 2.60 bits per heavy atom. The first-order chi connectivity index (χ1) is 9.32. The molecular weight excluding hydrogens is 341 g/mol. The maximum atomic E-state index is 12.5. The Bertz CT molecular complexity index is 652. The minimum absolute atomic E-state index is 0.0643. The van der Waals surface area contributed by atoms with Crippen LogP contribution in [-0.2, 0) is 10.9 Å².